The highest BCUT2D eigenvalue weighted by atomic mass is 19.1. The van der Waals surface area contributed by atoms with Crippen LogP contribution in [0.3, 0.4) is 0 Å². The molecule has 0 amide bonds. The van der Waals surface area contributed by atoms with Gasteiger partial charge in [0.05, 0.1) is 6.04 Å². The summed E-state index contributed by atoms with van der Waals surface area (Å²) in [5.74, 6) is -0.201. The minimum atomic E-state index is -0.201. The largest absolute Gasteiger partial charge is 0.321 e. The molecule has 1 aliphatic carbocycles. The molecule has 1 aromatic rings. The van der Waals surface area contributed by atoms with Crippen LogP contribution in [-0.4, -0.2) is 0 Å². The van der Waals surface area contributed by atoms with Crippen molar-refractivity contribution in [2.75, 3.05) is 0 Å². The lowest BCUT2D eigenvalue weighted by molar-refractivity contribution is 0.601. The van der Waals surface area contributed by atoms with Crippen molar-refractivity contribution < 1.29 is 4.39 Å². The average molecular weight is 233 g/mol. The zero-order chi connectivity index (χ0) is 12.1. The monoisotopic (exact) mass is 233 g/mol. The van der Waals surface area contributed by atoms with Crippen molar-refractivity contribution in [1.29, 1.82) is 0 Å². The maximum Gasteiger partial charge on any atom is 0.123 e. The fourth-order valence-corrected chi connectivity index (χ4v) is 2.38. The van der Waals surface area contributed by atoms with E-state index < -0.39 is 0 Å². The maximum atomic E-state index is 12.9. The molecule has 2 heteroatoms. The molecule has 1 nitrogen and oxygen atoms in total. The second-order valence-electron chi connectivity index (χ2n) is 4.76. The van der Waals surface area contributed by atoms with E-state index in [1.165, 1.54) is 43.4 Å². The third kappa shape index (κ3) is 3.40. The Balaban J connectivity index is 2.11. The SMILES string of the molecule is NC(/C1=C/CCCCCC1)c1ccc(F)cc1. The van der Waals surface area contributed by atoms with Gasteiger partial charge in [-0.3, -0.25) is 0 Å². The highest BCUT2D eigenvalue weighted by molar-refractivity contribution is 5.28. The van der Waals surface area contributed by atoms with Crippen LogP contribution in [0.5, 0.6) is 0 Å². The normalized spacial score (nSPS) is 22.1. The average Bonchev–Trinajstić information content (AvgIpc) is 2.29. The summed E-state index contributed by atoms with van der Waals surface area (Å²) in [6.45, 7) is 0. The standard InChI is InChI=1S/C15H20FN/c16-14-10-8-13(9-11-14)15(17)12-6-4-2-1-3-5-7-12/h6,8-11,15H,1-5,7,17H2/b12-6+. The summed E-state index contributed by atoms with van der Waals surface area (Å²) >= 11 is 0. The van der Waals surface area contributed by atoms with E-state index in [0.717, 1.165) is 18.4 Å². The van der Waals surface area contributed by atoms with Crippen molar-refractivity contribution in [2.24, 2.45) is 5.73 Å². The molecule has 2 rings (SSSR count). The Labute approximate surface area is 103 Å². The van der Waals surface area contributed by atoms with Crippen molar-refractivity contribution in [3.8, 4) is 0 Å². The lowest BCUT2D eigenvalue weighted by Crippen LogP contribution is -2.14. The van der Waals surface area contributed by atoms with Crippen molar-refractivity contribution in [3.63, 3.8) is 0 Å². The van der Waals surface area contributed by atoms with Gasteiger partial charge in [-0.15, -0.1) is 0 Å². The van der Waals surface area contributed by atoms with Crippen LogP contribution in [0.1, 0.15) is 50.1 Å². The van der Waals surface area contributed by atoms with Gasteiger partial charge in [-0.05, 0) is 43.4 Å². The van der Waals surface area contributed by atoms with Crippen molar-refractivity contribution in [2.45, 2.75) is 44.6 Å². The van der Waals surface area contributed by atoms with E-state index in [-0.39, 0.29) is 11.9 Å². The van der Waals surface area contributed by atoms with E-state index in [4.69, 9.17) is 5.73 Å². The smallest absolute Gasteiger partial charge is 0.123 e. The van der Waals surface area contributed by atoms with Crippen LogP contribution in [-0.2, 0) is 0 Å². The van der Waals surface area contributed by atoms with Gasteiger partial charge in [0.25, 0.3) is 0 Å². The quantitative estimate of drug-likeness (QED) is 0.764. The van der Waals surface area contributed by atoms with Crippen LogP contribution >= 0.6 is 0 Å². The third-order valence-electron chi connectivity index (χ3n) is 3.45. The van der Waals surface area contributed by atoms with E-state index in [1.54, 1.807) is 12.1 Å². The van der Waals surface area contributed by atoms with Crippen molar-refractivity contribution in [1.82, 2.24) is 0 Å². The van der Waals surface area contributed by atoms with Gasteiger partial charge in [-0.25, -0.2) is 4.39 Å². The molecule has 0 bridgehead atoms. The number of hydrogen-bond donors (Lipinski definition) is 1. The number of rotatable bonds is 2. The van der Waals surface area contributed by atoms with Gasteiger partial charge in [0.15, 0.2) is 0 Å². The van der Waals surface area contributed by atoms with Crippen LogP contribution in [0.2, 0.25) is 0 Å². The third-order valence-corrected chi connectivity index (χ3v) is 3.45. The molecule has 0 saturated heterocycles. The van der Waals surface area contributed by atoms with Gasteiger partial charge in [0.1, 0.15) is 5.82 Å². The van der Waals surface area contributed by atoms with Crippen LogP contribution in [0.4, 0.5) is 4.39 Å². The highest BCUT2D eigenvalue weighted by Gasteiger charge is 2.12. The molecular weight excluding hydrogens is 213 g/mol. The Morgan fingerprint density at radius 1 is 1.00 bits per heavy atom. The molecule has 0 fully saturated rings. The predicted molar refractivity (Wildman–Crippen MR) is 69.1 cm³/mol. The van der Waals surface area contributed by atoms with E-state index in [1.807, 2.05) is 0 Å². The Morgan fingerprint density at radius 3 is 2.47 bits per heavy atom. The van der Waals surface area contributed by atoms with E-state index in [2.05, 4.69) is 6.08 Å². The van der Waals surface area contributed by atoms with Crippen LogP contribution in [0.15, 0.2) is 35.9 Å². The molecular formula is C15H20FN. The summed E-state index contributed by atoms with van der Waals surface area (Å²) in [6.07, 6.45) is 9.61. The molecule has 1 atom stereocenters. The zero-order valence-corrected chi connectivity index (χ0v) is 10.2. The van der Waals surface area contributed by atoms with Crippen molar-refractivity contribution in [3.05, 3.63) is 47.3 Å². The first-order valence-electron chi connectivity index (χ1n) is 6.47. The Hall–Kier alpha value is -1.15. The van der Waals surface area contributed by atoms with Crippen LogP contribution < -0.4 is 5.73 Å². The molecule has 1 aliphatic rings. The zero-order valence-electron chi connectivity index (χ0n) is 10.2. The summed E-state index contributed by atoms with van der Waals surface area (Å²) < 4.78 is 12.9. The summed E-state index contributed by atoms with van der Waals surface area (Å²) in [7, 11) is 0. The molecule has 0 radical (unpaired) electrons. The fraction of sp³-hybridized carbons (Fsp3) is 0.467. The summed E-state index contributed by atoms with van der Waals surface area (Å²) in [5, 5.41) is 0. The molecule has 0 aliphatic heterocycles. The highest BCUT2D eigenvalue weighted by Crippen LogP contribution is 2.26. The lowest BCUT2D eigenvalue weighted by atomic mass is 9.91. The molecule has 17 heavy (non-hydrogen) atoms. The minimum Gasteiger partial charge on any atom is -0.321 e. The topological polar surface area (TPSA) is 26.0 Å². The molecule has 0 aromatic heterocycles. The molecule has 1 unspecified atom stereocenters. The minimum absolute atomic E-state index is 0.0614. The summed E-state index contributed by atoms with van der Waals surface area (Å²) in [5.41, 5.74) is 8.58. The van der Waals surface area contributed by atoms with Gasteiger partial charge < -0.3 is 5.73 Å². The predicted octanol–water partition coefficient (Wildman–Crippen LogP) is 4.11. The molecule has 0 saturated carbocycles. The molecule has 0 spiro atoms. The van der Waals surface area contributed by atoms with Crippen molar-refractivity contribution >= 4 is 0 Å². The summed E-state index contributed by atoms with van der Waals surface area (Å²) in [4.78, 5) is 0. The van der Waals surface area contributed by atoms with Gasteiger partial charge in [0, 0.05) is 0 Å². The van der Waals surface area contributed by atoms with Gasteiger partial charge in [-0.1, -0.05) is 36.6 Å². The second kappa shape index (κ2) is 5.97. The molecule has 1 aromatic carbocycles. The molecule has 2 N–H and O–H groups in total. The first kappa shape index (κ1) is 12.3. The van der Waals surface area contributed by atoms with Crippen LogP contribution in [0.25, 0.3) is 0 Å². The Bertz CT molecular complexity index is 380. The number of benzene rings is 1. The van der Waals surface area contributed by atoms with Gasteiger partial charge in [-0.2, -0.15) is 0 Å². The Morgan fingerprint density at radius 2 is 1.71 bits per heavy atom. The second-order valence-corrected chi connectivity index (χ2v) is 4.76. The van der Waals surface area contributed by atoms with E-state index >= 15 is 0 Å². The lowest BCUT2D eigenvalue weighted by Gasteiger charge is -2.18. The number of hydrogen-bond acceptors (Lipinski definition) is 1. The number of halogens is 1. The number of allylic oxidation sites excluding steroid dienone is 1. The molecule has 0 heterocycles. The van der Waals surface area contributed by atoms with Gasteiger partial charge >= 0.3 is 0 Å². The Kier molecular flexibility index (Phi) is 4.32. The van der Waals surface area contributed by atoms with Crippen LogP contribution in [0, 0.1) is 5.82 Å². The first-order chi connectivity index (χ1) is 8.27. The summed E-state index contributed by atoms with van der Waals surface area (Å²) in [6, 6.07) is 6.49. The fourth-order valence-electron chi connectivity index (χ4n) is 2.38. The van der Waals surface area contributed by atoms with Gasteiger partial charge in [0.2, 0.25) is 0 Å². The van der Waals surface area contributed by atoms with E-state index in [0.29, 0.717) is 0 Å². The maximum absolute atomic E-state index is 12.9. The molecule has 92 valence electrons. The van der Waals surface area contributed by atoms with E-state index in [9.17, 15) is 4.39 Å². The number of nitrogens with two attached hydrogens (primary N) is 1. The first-order valence-corrected chi connectivity index (χ1v) is 6.47.